The van der Waals surface area contributed by atoms with Gasteiger partial charge in [-0.05, 0) is 207 Å². The van der Waals surface area contributed by atoms with Crippen molar-refractivity contribution in [3.8, 4) is 0 Å². The molecular formula is C100H126N24O8. The van der Waals surface area contributed by atoms with Gasteiger partial charge in [-0.15, -0.1) is 0 Å². The first-order valence-electron chi connectivity index (χ1n) is 47.2. The van der Waals surface area contributed by atoms with Crippen molar-refractivity contribution < 1.29 is 38.1 Å². The molecule has 694 valence electrons. The molecule has 9 aliphatic rings. The molecule has 0 bridgehead atoms. The SMILES string of the molecule is CCn1ccc2cc(C(=O)N[C@H]3CCc4nc(N5C[C@@H](COC)[C@@H](N)C5)ccc4C3)cnc21.CCn1ccc2cc(C(=O)N[C@H]3CCc4nc(N5C[C@H](COC)[C@H](N)C5)ccc4C3)cnc21.CCn1ccc2cc(C(=O)N[C@H]3CCc4nc(N5C[C@H](N)C6(COC6)C5)ccc4C3)cnc21.CCn1ccc2cc(C(=O)N[C@H]3CCc4nc(N5C[C@H](NC)[C@@H](OC)C5)ccc4C3)cnc21. The van der Waals surface area contributed by atoms with Crippen LogP contribution >= 0.6 is 0 Å². The number of pyridine rings is 8. The van der Waals surface area contributed by atoms with E-state index in [1.807, 2.05) is 80.4 Å². The molecule has 4 aliphatic carbocycles. The topological polar surface area (TPSA) is 379 Å². The number of nitrogens with one attached hydrogen (secondary N) is 5. The van der Waals surface area contributed by atoms with Crippen molar-refractivity contribution in [1.82, 2.24) is 84.7 Å². The van der Waals surface area contributed by atoms with Crippen molar-refractivity contribution in [1.29, 1.82) is 0 Å². The molecule has 12 aromatic rings. The van der Waals surface area contributed by atoms with Crippen LogP contribution in [0, 0.1) is 17.3 Å². The van der Waals surface area contributed by atoms with Crippen LogP contribution in [0.4, 0.5) is 23.3 Å². The van der Waals surface area contributed by atoms with Crippen LogP contribution < -0.4 is 63.4 Å². The summed E-state index contributed by atoms with van der Waals surface area (Å²) >= 11 is 0. The van der Waals surface area contributed by atoms with E-state index in [-0.39, 0.29) is 77.4 Å². The summed E-state index contributed by atoms with van der Waals surface area (Å²) in [6.07, 6.45) is 25.0. The Bertz CT molecular complexity index is 5970. The van der Waals surface area contributed by atoms with Gasteiger partial charge in [-0.1, -0.05) is 24.3 Å². The number of fused-ring (bicyclic) bond motifs is 8. The number of hydrogen-bond donors (Lipinski definition) is 8. The first kappa shape index (κ1) is 90.7. The fraction of sp³-hybridized carbons (Fsp3) is 0.480. The minimum atomic E-state index is -0.0677. The molecule has 32 nitrogen and oxygen atoms in total. The van der Waals surface area contributed by atoms with Crippen LogP contribution in [0.15, 0.2) is 147 Å². The van der Waals surface area contributed by atoms with Gasteiger partial charge in [0, 0.05) is 248 Å². The summed E-state index contributed by atoms with van der Waals surface area (Å²) in [5.74, 6) is 4.40. The van der Waals surface area contributed by atoms with Crippen molar-refractivity contribution in [2.45, 2.75) is 185 Å². The third-order valence-electron chi connectivity index (χ3n) is 28.6. The van der Waals surface area contributed by atoms with Gasteiger partial charge in [0.2, 0.25) is 0 Å². The van der Waals surface area contributed by atoms with E-state index in [9.17, 15) is 19.2 Å². The van der Waals surface area contributed by atoms with Crippen LogP contribution in [0.2, 0.25) is 0 Å². The largest absolute Gasteiger partial charge is 0.384 e. The molecule has 5 aliphatic heterocycles. The first-order chi connectivity index (χ1) is 64.2. The molecule has 32 heteroatoms. The molecule has 132 heavy (non-hydrogen) atoms. The highest BCUT2D eigenvalue weighted by Gasteiger charge is 2.51. The molecule has 21 rings (SSSR count). The highest BCUT2D eigenvalue weighted by atomic mass is 16.5. The molecule has 1 spiro atoms. The number of carbonyl (C=O) groups excluding carboxylic acids is 4. The number of nitrogens with zero attached hydrogens (tertiary/aromatic N) is 16. The van der Waals surface area contributed by atoms with Crippen LogP contribution in [-0.4, -0.2) is 243 Å². The average molecular weight is 1790 g/mol. The summed E-state index contributed by atoms with van der Waals surface area (Å²) in [5.41, 5.74) is 34.5. The summed E-state index contributed by atoms with van der Waals surface area (Å²) in [6.45, 7) is 21.5. The zero-order valence-corrected chi connectivity index (χ0v) is 77.2. The van der Waals surface area contributed by atoms with E-state index in [0.717, 1.165) is 259 Å². The molecule has 11 atom stereocenters. The number of aryl methyl sites for hydroxylation is 8. The van der Waals surface area contributed by atoms with Crippen molar-refractivity contribution in [2.24, 2.45) is 34.5 Å². The molecule has 0 unspecified atom stereocenters. The van der Waals surface area contributed by atoms with Crippen LogP contribution in [-0.2, 0) is 96.5 Å². The first-order valence-corrected chi connectivity index (χ1v) is 47.2. The van der Waals surface area contributed by atoms with Crippen LogP contribution in [0.1, 0.15) is 140 Å². The Morgan fingerprint density at radius 2 is 0.735 bits per heavy atom. The van der Waals surface area contributed by atoms with Gasteiger partial charge < -0.3 is 101 Å². The molecule has 11 N–H and O–H groups in total. The van der Waals surface area contributed by atoms with Gasteiger partial charge in [0.05, 0.1) is 66.2 Å². The maximum absolute atomic E-state index is 12.9. The molecule has 0 radical (unpaired) electrons. The minimum Gasteiger partial charge on any atom is -0.384 e. The lowest BCUT2D eigenvalue weighted by Crippen LogP contribution is -2.54. The summed E-state index contributed by atoms with van der Waals surface area (Å²) < 4.78 is 30.0. The zero-order chi connectivity index (χ0) is 91.4. The molecular weight excluding hydrogens is 1670 g/mol. The Balaban J connectivity index is 0.000000118. The van der Waals surface area contributed by atoms with E-state index in [1.54, 1.807) is 46.1 Å². The van der Waals surface area contributed by atoms with Gasteiger partial charge in [0.1, 0.15) is 45.9 Å². The number of aromatic nitrogens is 12. The van der Waals surface area contributed by atoms with E-state index >= 15 is 0 Å². The van der Waals surface area contributed by atoms with Crippen molar-refractivity contribution in [3.05, 3.63) is 214 Å². The fourth-order valence-electron chi connectivity index (χ4n) is 20.8. The number of methoxy groups -OCH3 is 3. The maximum atomic E-state index is 12.9. The van der Waals surface area contributed by atoms with Gasteiger partial charge >= 0.3 is 0 Å². The Kier molecular flexibility index (Phi) is 27.4. The zero-order valence-electron chi connectivity index (χ0n) is 77.2. The van der Waals surface area contributed by atoms with E-state index in [1.165, 1.54) is 22.3 Å². The van der Waals surface area contributed by atoms with Gasteiger partial charge in [0.15, 0.2) is 0 Å². The lowest BCUT2D eigenvalue weighted by molar-refractivity contribution is -0.106. The Hall–Kier alpha value is -11.9. The summed E-state index contributed by atoms with van der Waals surface area (Å²) in [4.78, 5) is 98.5. The number of anilines is 4. The van der Waals surface area contributed by atoms with E-state index < -0.39 is 0 Å². The van der Waals surface area contributed by atoms with Crippen molar-refractivity contribution in [3.63, 3.8) is 0 Å². The number of rotatable bonds is 22. The second-order valence-electron chi connectivity index (χ2n) is 37.2. The van der Waals surface area contributed by atoms with Crippen molar-refractivity contribution >= 4 is 91.0 Å². The average Bonchev–Trinajstić information content (AvgIpc) is 1.60. The van der Waals surface area contributed by atoms with Gasteiger partial charge in [-0.3, -0.25) is 19.2 Å². The normalized spacial score (nSPS) is 22.8. The van der Waals surface area contributed by atoms with Crippen molar-refractivity contribution in [2.75, 3.05) is 127 Å². The summed E-state index contributed by atoms with van der Waals surface area (Å²) in [7, 11) is 7.19. The fourth-order valence-corrected chi connectivity index (χ4v) is 20.8. The molecule has 0 aromatic carbocycles. The lowest BCUT2D eigenvalue weighted by atomic mass is 9.82. The molecule has 17 heterocycles. The third-order valence-corrected chi connectivity index (χ3v) is 28.6. The minimum absolute atomic E-state index is 0.0625. The van der Waals surface area contributed by atoms with E-state index in [0.29, 0.717) is 53.3 Å². The lowest BCUT2D eigenvalue weighted by Gasteiger charge is -2.40. The molecule has 4 amide bonds. The molecule has 5 fully saturated rings. The molecule has 5 saturated heterocycles. The molecule has 12 aromatic heterocycles. The quantitative estimate of drug-likeness (QED) is 0.0316. The monoisotopic (exact) mass is 1790 g/mol. The number of amides is 4. The highest BCUT2D eigenvalue weighted by molar-refractivity contribution is 6.00. The summed E-state index contributed by atoms with van der Waals surface area (Å²) in [5, 5.41) is 20.1. The van der Waals surface area contributed by atoms with E-state index in [4.69, 9.17) is 56.1 Å². The van der Waals surface area contributed by atoms with Gasteiger partial charge in [-0.25, -0.2) is 39.9 Å². The van der Waals surface area contributed by atoms with Crippen LogP contribution in [0.25, 0.3) is 44.1 Å². The molecule has 0 saturated carbocycles. The van der Waals surface area contributed by atoms with Gasteiger partial charge in [0.25, 0.3) is 23.6 Å². The summed E-state index contributed by atoms with van der Waals surface area (Å²) in [6, 6.07) is 33.8. The Morgan fingerprint density at radius 3 is 1.01 bits per heavy atom. The number of nitrogens with two attached hydrogens (primary N) is 3. The predicted molar refractivity (Wildman–Crippen MR) is 512 cm³/mol. The maximum Gasteiger partial charge on any atom is 0.253 e. The second-order valence-corrected chi connectivity index (χ2v) is 37.2. The Labute approximate surface area is 770 Å². The van der Waals surface area contributed by atoms with E-state index in [2.05, 4.69) is 161 Å². The Morgan fingerprint density at radius 1 is 0.417 bits per heavy atom. The van der Waals surface area contributed by atoms with Gasteiger partial charge in [-0.2, -0.15) is 0 Å². The number of likely N-dealkylation sites (N-methyl/N-ethyl adjacent to an activating group) is 1. The number of hydrogen-bond acceptors (Lipinski definition) is 24. The van der Waals surface area contributed by atoms with Crippen LogP contribution in [0.3, 0.4) is 0 Å². The predicted octanol–water partition coefficient (Wildman–Crippen LogP) is 8.36. The standard InChI is InChI=1S/C25H30N6O2.3C25H32N6O2/c1-2-30-8-7-17-9-18(11-27-23(17)30)24(32)28-19-4-5-20-16(10-19)3-6-22(29-20)31-12-21(26)25(13-31)14-33-15-25;1-4-30-10-9-17-11-18(13-27-24(17)30)25(32)28-19-6-7-20-16(12-19)5-8-23(29-20)31-14-21(26-2)22(15-31)33-3;2*1-3-30-9-8-17-10-18(12-27-24(17)30)25(32)28-20-5-6-22-16(11-20)4-7-23(29-22)31-13-19(15-33-2)21(26)14-31/h3,6-9,11,19,21H,2,4-5,10,12-15,26H2,1H3,(H,28,32);5,8-11,13,19,21-22,26H,4,6-7,12,14-15H2,1-3H3,(H,28,32);2*4,7-10,12,19-21H,3,5-6,11,13-15,26H2,1-2H3,(H,28,32)/t19-,21-;19-,21-,22-;19-,20+,21-;19-,20-,21-/m0010/s1. The second kappa shape index (κ2) is 39.9. The third kappa shape index (κ3) is 19.4. The number of ether oxygens (including phenoxy) is 4. The van der Waals surface area contributed by atoms with Crippen LogP contribution in [0.5, 0.6) is 0 Å². The smallest absolute Gasteiger partial charge is 0.253 e. The highest BCUT2D eigenvalue weighted by Crippen LogP contribution is 2.40. The number of carbonyl (C=O) groups is 4.